The third-order valence-electron chi connectivity index (χ3n) is 6.52. The Morgan fingerprint density at radius 1 is 1.07 bits per heavy atom. The Bertz CT molecular complexity index is 1820. The topological polar surface area (TPSA) is 69.9 Å². The molecule has 0 spiro atoms. The molecule has 210 valence electrons. The van der Waals surface area contributed by atoms with Gasteiger partial charge in [-0.15, -0.1) is 0 Å². The van der Waals surface area contributed by atoms with E-state index in [4.69, 9.17) is 32.7 Å². The zero-order chi connectivity index (χ0) is 29.3. The summed E-state index contributed by atoms with van der Waals surface area (Å²) in [5, 5.41) is 0.651. The van der Waals surface area contributed by atoms with Gasteiger partial charge in [0.2, 0.25) is 0 Å². The maximum absolute atomic E-state index is 13.8. The second kappa shape index (κ2) is 12.4. The Labute approximate surface area is 259 Å². The fourth-order valence-electron chi connectivity index (χ4n) is 4.54. The van der Waals surface area contributed by atoms with Crippen molar-refractivity contribution in [2.24, 2.45) is 4.99 Å². The quantitative estimate of drug-likeness (QED) is 0.204. The lowest BCUT2D eigenvalue weighted by molar-refractivity contribution is -0.139. The minimum absolute atomic E-state index is 0.213. The molecule has 6 nitrogen and oxygen atoms in total. The molecule has 0 unspecified atom stereocenters. The highest BCUT2D eigenvalue weighted by molar-refractivity contribution is 9.10. The van der Waals surface area contributed by atoms with Gasteiger partial charge in [0, 0.05) is 4.47 Å². The van der Waals surface area contributed by atoms with Crippen LogP contribution in [0.4, 0.5) is 0 Å². The van der Waals surface area contributed by atoms with Crippen molar-refractivity contribution in [3.05, 3.63) is 128 Å². The molecule has 41 heavy (non-hydrogen) atoms. The molecule has 5 rings (SSSR count). The number of esters is 1. The lowest BCUT2D eigenvalue weighted by Gasteiger charge is -2.24. The SMILES string of the molecule is CCOC(=O)C1=C(C)N=c2s/c(=C/c3cc(Cl)c(OCc4ccc(Br)cc4)c(Cl)c3)c(=O)n2[C@@H]1c1ccc(C)cc1. The number of ether oxygens (including phenoxy) is 2. The number of hydrogen-bond donors (Lipinski definition) is 0. The number of allylic oxidation sites excluding steroid dienone is 1. The van der Waals surface area contributed by atoms with Crippen LogP contribution in [0.15, 0.2) is 86.2 Å². The molecule has 0 radical (unpaired) electrons. The third kappa shape index (κ3) is 6.21. The summed E-state index contributed by atoms with van der Waals surface area (Å²) >= 11 is 17.8. The molecular formula is C31H25BrCl2N2O4S. The van der Waals surface area contributed by atoms with Crippen LogP contribution in [0, 0.1) is 6.92 Å². The largest absolute Gasteiger partial charge is 0.486 e. The summed E-state index contributed by atoms with van der Waals surface area (Å²) in [6, 6.07) is 18.2. The molecule has 0 fully saturated rings. The smallest absolute Gasteiger partial charge is 0.338 e. The Kier molecular flexibility index (Phi) is 8.85. The van der Waals surface area contributed by atoms with Crippen LogP contribution < -0.4 is 19.6 Å². The molecule has 0 N–H and O–H groups in total. The van der Waals surface area contributed by atoms with Gasteiger partial charge in [-0.05, 0) is 67.8 Å². The number of carbonyl (C=O) groups excluding carboxylic acids is 1. The van der Waals surface area contributed by atoms with E-state index in [1.54, 1.807) is 36.6 Å². The number of aromatic nitrogens is 1. The summed E-state index contributed by atoms with van der Waals surface area (Å²) in [6.45, 7) is 6.00. The second-order valence-electron chi connectivity index (χ2n) is 9.44. The van der Waals surface area contributed by atoms with Gasteiger partial charge in [-0.3, -0.25) is 9.36 Å². The molecule has 0 saturated carbocycles. The van der Waals surface area contributed by atoms with Crippen LogP contribution in [-0.4, -0.2) is 17.1 Å². The Morgan fingerprint density at radius 3 is 2.37 bits per heavy atom. The van der Waals surface area contributed by atoms with Gasteiger partial charge in [0.05, 0.1) is 38.5 Å². The summed E-state index contributed by atoms with van der Waals surface area (Å²) in [5.41, 5.74) is 4.03. The van der Waals surface area contributed by atoms with Crippen LogP contribution in [0.25, 0.3) is 6.08 Å². The van der Waals surface area contributed by atoms with Crippen molar-refractivity contribution >= 4 is 62.5 Å². The van der Waals surface area contributed by atoms with Crippen molar-refractivity contribution in [1.29, 1.82) is 0 Å². The molecule has 3 aromatic carbocycles. The Balaban J connectivity index is 1.54. The number of aryl methyl sites for hydroxylation is 1. The first-order valence-corrected chi connectivity index (χ1v) is 15.1. The molecule has 0 saturated heterocycles. The monoisotopic (exact) mass is 670 g/mol. The number of halogens is 3. The molecule has 1 aliphatic rings. The normalized spacial score (nSPS) is 15.0. The molecule has 0 aliphatic carbocycles. The van der Waals surface area contributed by atoms with Gasteiger partial charge in [0.15, 0.2) is 10.6 Å². The molecule has 4 aromatic rings. The molecule has 0 amide bonds. The summed E-state index contributed by atoms with van der Waals surface area (Å²) in [7, 11) is 0. The van der Waals surface area contributed by atoms with E-state index in [9.17, 15) is 9.59 Å². The fourth-order valence-corrected chi connectivity index (χ4v) is 6.47. The second-order valence-corrected chi connectivity index (χ2v) is 12.2. The minimum Gasteiger partial charge on any atom is -0.486 e. The van der Waals surface area contributed by atoms with Gasteiger partial charge >= 0.3 is 5.97 Å². The first kappa shape index (κ1) is 29.3. The average Bonchev–Trinajstić information content (AvgIpc) is 3.23. The molecule has 0 bridgehead atoms. The van der Waals surface area contributed by atoms with Crippen molar-refractivity contribution in [2.75, 3.05) is 6.61 Å². The number of benzene rings is 3. The van der Waals surface area contributed by atoms with E-state index in [0.717, 1.165) is 21.2 Å². The summed E-state index contributed by atoms with van der Waals surface area (Å²) in [5.74, 6) is -0.130. The van der Waals surface area contributed by atoms with Crippen LogP contribution in [-0.2, 0) is 16.1 Å². The zero-order valence-electron chi connectivity index (χ0n) is 22.4. The van der Waals surface area contributed by atoms with E-state index < -0.39 is 12.0 Å². The summed E-state index contributed by atoms with van der Waals surface area (Å²) < 4.78 is 14.2. The van der Waals surface area contributed by atoms with Crippen LogP contribution in [0.2, 0.25) is 10.0 Å². The number of fused-ring (bicyclic) bond motifs is 1. The number of thiazole rings is 1. The average molecular weight is 672 g/mol. The fraction of sp³-hybridized carbons (Fsp3) is 0.194. The van der Waals surface area contributed by atoms with E-state index >= 15 is 0 Å². The highest BCUT2D eigenvalue weighted by Crippen LogP contribution is 2.35. The van der Waals surface area contributed by atoms with Gasteiger partial charge in [-0.25, -0.2) is 9.79 Å². The minimum atomic E-state index is -0.672. The highest BCUT2D eigenvalue weighted by atomic mass is 79.9. The molecule has 1 aliphatic heterocycles. The van der Waals surface area contributed by atoms with E-state index in [0.29, 0.717) is 48.6 Å². The van der Waals surface area contributed by atoms with Crippen LogP contribution in [0.1, 0.15) is 42.1 Å². The number of hydrogen-bond acceptors (Lipinski definition) is 6. The molecule has 10 heteroatoms. The van der Waals surface area contributed by atoms with Crippen molar-refractivity contribution in [1.82, 2.24) is 4.57 Å². The van der Waals surface area contributed by atoms with Crippen LogP contribution in [0.3, 0.4) is 0 Å². The van der Waals surface area contributed by atoms with Crippen molar-refractivity contribution in [2.45, 2.75) is 33.4 Å². The number of nitrogens with zero attached hydrogens (tertiary/aromatic N) is 2. The third-order valence-corrected chi connectivity index (χ3v) is 8.60. The lowest BCUT2D eigenvalue weighted by atomic mass is 9.95. The molecule has 1 atom stereocenters. The summed E-state index contributed by atoms with van der Waals surface area (Å²) in [4.78, 5) is 32.0. The maximum Gasteiger partial charge on any atom is 0.338 e. The first-order chi connectivity index (χ1) is 19.7. The van der Waals surface area contributed by atoms with Crippen molar-refractivity contribution in [3.63, 3.8) is 0 Å². The predicted molar refractivity (Wildman–Crippen MR) is 167 cm³/mol. The van der Waals surface area contributed by atoms with Crippen LogP contribution in [0.5, 0.6) is 5.75 Å². The van der Waals surface area contributed by atoms with Crippen molar-refractivity contribution in [3.8, 4) is 5.75 Å². The zero-order valence-corrected chi connectivity index (χ0v) is 26.3. The van der Waals surface area contributed by atoms with E-state index in [-0.39, 0.29) is 12.2 Å². The highest BCUT2D eigenvalue weighted by Gasteiger charge is 2.33. The number of carbonyl (C=O) groups is 1. The van der Waals surface area contributed by atoms with Gasteiger partial charge in [-0.2, -0.15) is 0 Å². The van der Waals surface area contributed by atoms with Crippen LogP contribution >= 0.6 is 50.5 Å². The maximum atomic E-state index is 13.8. The first-order valence-electron chi connectivity index (χ1n) is 12.8. The molecule has 1 aromatic heterocycles. The van der Waals surface area contributed by atoms with Gasteiger partial charge < -0.3 is 9.47 Å². The molecule has 2 heterocycles. The lowest BCUT2D eigenvalue weighted by Crippen LogP contribution is -2.39. The summed E-state index contributed by atoms with van der Waals surface area (Å²) in [6.07, 6.45) is 1.72. The van der Waals surface area contributed by atoms with E-state index in [2.05, 4.69) is 20.9 Å². The molecular weight excluding hydrogens is 647 g/mol. The predicted octanol–water partition coefficient (Wildman–Crippen LogP) is 6.76. The standard InChI is InChI=1S/C31H25BrCl2N2O4S/c1-4-39-30(38)26-18(3)35-31-36(27(26)21-9-5-17(2)6-10-21)29(37)25(41-31)15-20-13-23(33)28(24(34)14-20)40-16-19-7-11-22(32)12-8-19/h5-15,27H,4,16H2,1-3H3/b25-15+/t27-/m1/s1. The van der Waals surface area contributed by atoms with Crippen molar-refractivity contribution < 1.29 is 14.3 Å². The Morgan fingerprint density at radius 2 is 1.73 bits per heavy atom. The Hall–Kier alpha value is -3.17. The van der Waals surface area contributed by atoms with E-state index in [1.165, 1.54) is 11.3 Å². The van der Waals surface area contributed by atoms with Gasteiger partial charge in [0.25, 0.3) is 5.56 Å². The van der Waals surface area contributed by atoms with Gasteiger partial charge in [-0.1, -0.05) is 92.4 Å². The van der Waals surface area contributed by atoms with E-state index in [1.807, 2.05) is 55.5 Å². The number of rotatable bonds is 7. The van der Waals surface area contributed by atoms with Gasteiger partial charge in [0.1, 0.15) is 6.61 Å².